The van der Waals surface area contributed by atoms with Crippen molar-refractivity contribution in [3.05, 3.63) is 108 Å². The number of hydrogen-bond acceptors (Lipinski definition) is 0. The smallest absolute Gasteiger partial charge is 1.00 e. The number of hydrogen-bond donors (Lipinski definition) is 0. The first-order valence-corrected chi connectivity index (χ1v) is 8.30. The molecule has 0 radical (unpaired) electrons. The van der Waals surface area contributed by atoms with E-state index in [0.29, 0.717) is 0 Å². The molecule has 0 saturated heterocycles. The Bertz CT molecular complexity index is 803. The van der Waals surface area contributed by atoms with Crippen LogP contribution in [0, 0.1) is 13.8 Å². The molecule has 4 rings (SSSR count). The van der Waals surface area contributed by atoms with Gasteiger partial charge in [-0.25, -0.2) is 0 Å². The molecule has 3 heteroatoms. The molecular formula is C24H22Cl2Zr. The largest absolute Gasteiger partial charge is 4.00 e. The molecule has 136 valence electrons. The van der Waals surface area contributed by atoms with E-state index in [2.05, 4.69) is 111 Å². The molecule has 27 heavy (non-hydrogen) atoms. The summed E-state index contributed by atoms with van der Waals surface area (Å²) in [6.45, 7) is 4.24. The summed E-state index contributed by atoms with van der Waals surface area (Å²) in [6.07, 6.45) is 0. The predicted molar refractivity (Wildman–Crippen MR) is 104 cm³/mol. The monoisotopic (exact) mass is 470 g/mol. The fraction of sp³-hybridized carbons (Fsp3) is 0.0833. The SMILES string of the molecule is Cc1cccc(-[c-]2cccc2)c1.Cc1cccc(-[c-]2cccc2)c1.[Cl-].[Cl-].[Zr+4]. The van der Waals surface area contributed by atoms with Crippen LogP contribution in [0.3, 0.4) is 0 Å². The van der Waals surface area contributed by atoms with Gasteiger partial charge in [-0.05, 0) is 13.8 Å². The average molecular weight is 473 g/mol. The fourth-order valence-corrected chi connectivity index (χ4v) is 2.78. The average Bonchev–Trinajstić information content (AvgIpc) is 3.29. The Kier molecular flexibility index (Phi) is 12.2. The minimum atomic E-state index is 0. The third-order valence-corrected chi connectivity index (χ3v) is 4.03. The van der Waals surface area contributed by atoms with Crippen LogP contribution in [0.1, 0.15) is 11.1 Å². The summed E-state index contributed by atoms with van der Waals surface area (Å²) in [4.78, 5) is 0. The molecule has 0 fully saturated rings. The van der Waals surface area contributed by atoms with Crippen LogP contribution in [0.15, 0.2) is 97.1 Å². The second-order valence-electron chi connectivity index (χ2n) is 6.09. The number of benzene rings is 2. The van der Waals surface area contributed by atoms with Gasteiger partial charge in [0, 0.05) is 0 Å². The molecule has 0 aromatic heterocycles. The molecule has 0 nitrogen and oxygen atoms in total. The van der Waals surface area contributed by atoms with E-state index in [1.807, 2.05) is 0 Å². The van der Waals surface area contributed by atoms with Crippen molar-refractivity contribution in [3.8, 4) is 22.3 Å². The Morgan fingerprint density at radius 2 is 0.852 bits per heavy atom. The van der Waals surface area contributed by atoms with Crippen LogP contribution < -0.4 is 24.8 Å². The van der Waals surface area contributed by atoms with Crippen molar-refractivity contribution in [2.45, 2.75) is 13.8 Å². The summed E-state index contributed by atoms with van der Waals surface area (Å²) in [7, 11) is 0. The number of rotatable bonds is 2. The first kappa shape index (κ1) is 25.6. The Morgan fingerprint density at radius 3 is 1.15 bits per heavy atom. The van der Waals surface area contributed by atoms with Crippen molar-refractivity contribution < 1.29 is 51.0 Å². The van der Waals surface area contributed by atoms with E-state index in [4.69, 9.17) is 0 Å². The predicted octanol–water partition coefficient (Wildman–Crippen LogP) is 0.767. The quantitative estimate of drug-likeness (QED) is 0.378. The first-order chi connectivity index (χ1) is 11.7. The molecule has 4 aromatic carbocycles. The van der Waals surface area contributed by atoms with E-state index in [0.717, 1.165) is 0 Å². The summed E-state index contributed by atoms with van der Waals surface area (Å²) >= 11 is 0. The maximum Gasteiger partial charge on any atom is 4.00 e. The fourth-order valence-electron chi connectivity index (χ4n) is 2.78. The van der Waals surface area contributed by atoms with Crippen LogP contribution in [0.25, 0.3) is 22.3 Å². The molecule has 0 aliphatic heterocycles. The zero-order valence-corrected chi connectivity index (χ0v) is 19.5. The molecular weight excluding hydrogens is 450 g/mol. The third-order valence-electron chi connectivity index (χ3n) is 4.03. The zero-order valence-electron chi connectivity index (χ0n) is 15.5. The summed E-state index contributed by atoms with van der Waals surface area (Å²) in [5.74, 6) is 0. The van der Waals surface area contributed by atoms with E-state index in [1.54, 1.807) is 0 Å². The second-order valence-corrected chi connectivity index (χ2v) is 6.09. The van der Waals surface area contributed by atoms with Crippen molar-refractivity contribution in [2.75, 3.05) is 0 Å². The summed E-state index contributed by atoms with van der Waals surface area (Å²) in [6, 6.07) is 33.9. The third kappa shape index (κ3) is 7.62. The molecule has 0 heterocycles. The molecule has 0 spiro atoms. The van der Waals surface area contributed by atoms with Crippen molar-refractivity contribution in [1.29, 1.82) is 0 Å². The maximum absolute atomic E-state index is 2.20. The van der Waals surface area contributed by atoms with Gasteiger partial charge in [0.05, 0.1) is 0 Å². The maximum atomic E-state index is 2.20. The van der Waals surface area contributed by atoms with E-state index < -0.39 is 0 Å². The zero-order chi connectivity index (χ0) is 16.8. The second kappa shape index (κ2) is 12.9. The molecule has 0 N–H and O–H groups in total. The van der Waals surface area contributed by atoms with Crippen LogP contribution in [0.4, 0.5) is 0 Å². The van der Waals surface area contributed by atoms with Crippen LogP contribution in [-0.2, 0) is 26.2 Å². The van der Waals surface area contributed by atoms with Gasteiger partial charge in [-0.3, -0.25) is 0 Å². The minimum Gasteiger partial charge on any atom is -1.00 e. The van der Waals surface area contributed by atoms with Gasteiger partial charge in [0.2, 0.25) is 0 Å². The molecule has 0 aliphatic rings. The molecule has 0 aliphatic carbocycles. The molecule has 4 aromatic rings. The normalized spacial score (nSPS) is 8.96. The van der Waals surface area contributed by atoms with Gasteiger partial charge < -0.3 is 24.8 Å². The van der Waals surface area contributed by atoms with E-state index in [-0.39, 0.29) is 51.0 Å². The van der Waals surface area contributed by atoms with Gasteiger partial charge in [-0.15, -0.1) is 59.7 Å². The summed E-state index contributed by atoms with van der Waals surface area (Å²) in [5.41, 5.74) is 7.85. The molecule has 0 bridgehead atoms. The van der Waals surface area contributed by atoms with Gasteiger partial charge in [-0.2, -0.15) is 24.3 Å². The van der Waals surface area contributed by atoms with Crippen molar-refractivity contribution >= 4 is 0 Å². The van der Waals surface area contributed by atoms with E-state index in [9.17, 15) is 0 Å². The van der Waals surface area contributed by atoms with Gasteiger partial charge in [-0.1, -0.05) is 46.5 Å². The van der Waals surface area contributed by atoms with Crippen molar-refractivity contribution in [3.63, 3.8) is 0 Å². The molecule has 0 saturated carbocycles. The van der Waals surface area contributed by atoms with Crippen LogP contribution in [0.5, 0.6) is 0 Å². The Labute approximate surface area is 194 Å². The Morgan fingerprint density at radius 1 is 0.519 bits per heavy atom. The Balaban J connectivity index is 0.000000451. The molecule has 0 atom stereocenters. The van der Waals surface area contributed by atoms with E-state index in [1.165, 1.54) is 33.4 Å². The summed E-state index contributed by atoms with van der Waals surface area (Å²) in [5, 5.41) is 0. The van der Waals surface area contributed by atoms with Crippen LogP contribution in [0.2, 0.25) is 0 Å². The van der Waals surface area contributed by atoms with Gasteiger partial charge >= 0.3 is 26.2 Å². The molecule has 0 unspecified atom stereocenters. The van der Waals surface area contributed by atoms with Crippen LogP contribution in [-0.4, -0.2) is 0 Å². The standard InChI is InChI=1S/2C12H11.2ClH.Zr/c2*1-10-5-4-8-12(9-10)11-6-2-3-7-11;;;/h2*2-9H,1H3;2*1H;/q2*-1;;;+4/p-2. The van der Waals surface area contributed by atoms with Gasteiger partial charge in [0.25, 0.3) is 0 Å². The first-order valence-electron chi connectivity index (χ1n) is 8.30. The van der Waals surface area contributed by atoms with Gasteiger partial charge in [0.1, 0.15) is 0 Å². The Hall–Kier alpha value is -1.40. The summed E-state index contributed by atoms with van der Waals surface area (Å²) < 4.78 is 0. The van der Waals surface area contributed by atoms with E-state index >= 15 is 0 Å². The number of aryl methyl sites for hydroxylation is 2. The van der Waals surface area contributed by atoms with Gasteiger partial charge in [0.15, 0.2) is 0 Å². The number of halogens is 2. The minimum absolute atomic E-state index is 0. The van der Waals surface area contributed by atoms with Crippen LogP contribution >= 0.6 is 0 Å². The topological polar surface area (TPSA) is 0 Å². The van der Waals surface area contributed by atoms with Crippen molar-refractivity contribution in [1.82, 2.24) is 0 Å². The molecule has 0 amide bonds. The van der Waals surface area contributed by atoms with Crippen molar-refractivity contribution in [2.24, 2.45) is 0 Å².